The predicted molar refractivity (Wildman–Crippen MR) is 67.8 cm³/mol. The van der Waals surface area contributed by atoms with Crippen molar-refractivity contribution in [3.8, 4) is 0 Å². The van der Waals surface area contributed by atoms with Crippen LogP contribution < -0.4 is 5.32 Å². The van der Waals surface area contributed by atoms with Crippen LogP contribution in [0.1, 0.15) is 24.5 Å². The molecule has 100 valence electrons. The van der Waals surface area contributed by atoms with Gasteiger partial charge in [0.2, 0.25) is 0 Å². The minimum absolute atomic E-state index is 0.153. The number of nitrogens with one attached hydrogen (secondary N) is 1. The maximum Gasteiger partial charge on any atom is 0.126 e. The second-order valence-corrected chi connectivity index (χ2v) is 5.05. The van der Waals surface area contributed by atoms with E-state index in [0.29, 0.717) is 31.7 Å². The lowest BCUT2D eigenvalue weighted by Gasteiger charge is -2.26. The average molecular weight is 253 g/mol. The molecule has 0 spiro atoms. The van der Waals surface area contributed by atoms with E-state index in [1.165, 1.54) is 6.07 Å². The quantitative estimate of drug-likeness (QED) is 0.859. The van der Waals surface area contributed by atoms with Gasteiger partial charge in [-0.2, -0.15) is 0 Å². The summed E-state index contributed by atoms with van der Waals surface area (Å²) in [6.45, 7) is 5.22. The molecule has 2 N–H and O–H groups in total. The first-order valence-electron chi connectivity index (χ1n) is 6.31. The maximum atomic E-state index is 13.3. The van der Waals surface area contributed by atoms with Crippen LogP contribution in [-0.4, -0.2) is 30.0 Å². The molecule has 0 radical (unpaired) electrons. The van der Waals surface area contributed by atoms with Crippen LogP contribution in [0, 0.1) is 12.7 Å². The van der Waals surface area contributed by atoms with Crippen LogP contribution >= 0.6 is 0 Å². The summed E-state index contributed by atoms with van der Waals surface area (Å²) < 4.78 is 18.7. The second kappa shape index (κ2) is 5.34. The number of aryl methyl sites for hydroxylation is 1. The van der Waals surface area contributed by atoms with E-state index < -0.39 is 5.60 Å². The van der Waals surface area contributed by atoms with Crippen molar-refractivity contribution in [2.24, 2.45) is 0 Å². The monoisotopic (exact) mass is 253 g/mol. The van der Waals surface area contributed by atoms with Crippen molar-refractivity contribution in [2.45, 2.75) is 38.5 Å². The smallest absolute Gasteiger partial charge is 0.126 e. The molecule has 0 aliphatic carbocycles. The van der Waals surface area contributed by atoms with Gasteiger partial charge in [-0.25, -0.2) is 4.39 Å². The molecule has 1 aromatic carbocycles. The largest absolute Gasteiger partial charge is 0.386 e. The van der Waals surface area contributed by atoms with Gasteiger partial charge in [0.1, 0.15) is 11.4 Å². The molecule has 4 heteroatoms. The van der Waals surface area contributed by atoms with Crippen LogP contribution in [0.15, 0.2) is 18.2 Å². The van der Waals surface area contributed by atoms with Crippen LogP contribution in [0.5, 0.6) is 0 Å². The van der Waals surface area contributed by atoms with Gasteiger partial charge in [0, 0.05) is 26.1 Å². The Kier molecular flexibility index (Phi) is 4.00. The van der Waals surface area contributed by atoms with E-state index >= 15 is 0 Å². The fourth-order valence-corrected chi connectivity index (χ4v) is 2.17. The molecule has 3 nitrogen and oxygen atoms in total. The zero-order chi connectivity index (χ0) is 13.2. The van der Waals surface area contributed by atoms with Gasteiger partial charge in [0.25, 0.3) is 0 Å². The Morgan fingerprint density at radius 1 is 1.56 bits per heavy atom. The molecule has 1 saturated heterocycles. The molecule has 0 amide bonds. The lowest BCUT2D eigenvalue weighted by Crippen LogP contribution is -2.45. The molecule has 1 aromatic rings. The third-order valence-electron chi connectivity index (χ3n) is 3.66. The molecule has 0 saturated carbocycles. The first-order chi connectivity index (χ1) is 8.51. The van der Waals surface area contributed by atoms with Gasteiger partial charge in [0.05, 0.1) is 6.10 Å². The summed E-state index contributed by atoms with van der Waals surface area (Å²) in [6.07, 6.45) is 0.489. The number of aliphatic hydroxyl groups is 1. The van der Waals surface area contributed by atoms with Crippen LogP contribution in [0.2, 0.25) is 0 Å². The van der Waals surface area contributed by atoms with E-state index in [0.717, 1.165) is 5.56 Å². The van der Waals surface area contributed by atoms with Crippen molar-refractivity contribution in [1.82, 2.24) is 5.32 Å². The Labute approximate surface area is 107 Å². The standard InChI is InChI=1S/C14H20FNO2/c1-10-3-4-12(7-13(10)15)8-16-9-14(17)5-6-18-11(14)2/h3-4,7,11,16-17H,5-6,8-9H2,1-2H3. The summed E-state index contributed by atoms with van der Waals surface area (Å²) in [4.78, 5) is 0. The molecule has 1 aliphatic rings. The lowest BCUT2D eigenvalue weighted by molar-refractivity contribution is -0.0262. The molecular formula is C14H20FNO2. The van der Waals surface area contributed by atoms with Crippen molar-refractivity contribution in [3.63, 3.8) is 0 Å². The fraction of sp³-hybridized carbons (Fsp3) is 0.571. The van der Waals surface area contributed by atoms with Crippen LogP contribution in [-0.2, 0) is 11.3 Å². The molecule has 2 atom stereocenters. The summed E-state index contributed by atoms with van der Waals surface area (Å²) in [7, 11) is 0. The van der Waals surface area contributed by atoms with Crippen LogP contribution in [0.25, 0.3) is 0 Å². The number of hydrogen-bond donors (Lipinski definition) is 2. The van der Waals surface area contributed by atoms with E-state index in [1.807, 2.05) is 13.0 Å². The van der Waals surface area contributed by atoms with Gasteiger partial charge in [0.15, 0.2) is 0 Å². The molecular weight excluding hydrogens is 233 g/mol. The summed E-state index contributed by atoms with van der Waals surface area (Å²) in [6, 6.07) is 5.19. The summed E-state index contributed by atoms with van der Waals surface area (Å²) in [5.74, 6) is -0.189. The number of halogens is 1. The van der Waals surface area contributed by atoms with E-state index in [2.05, 4.69) is 5.32 Å². The molecule has 0 bridgehead atoms. The zero-order valence-corrected chi connectivity index (χ0v) is 10.9. The van der Waals surface area contributed by atoms with Gasteiger partial charge in [-0.15, -0.1) is 0 Å². The zero-order valence-electron chi connectivity index (χ0n) is 10.9. The van der Waals surface area contributed by atoms with E-state index in [-0.39, 0.29) is 11.9 Å². The molecule has 1 aliphatic heterocycles. The minimum Gasteiger partial charge on any atom is -0.386 e. The Balaban J connectivity index is 1.86. The van der Waals surface area contributed by atoms with Crippen LogP contribution in [0.3, 0.4) is 0 Å². The highest BCUT2D eigenvalue weighted by atomic mass is 19.1. The lowest BCUT2D eigenvalue weighted by atomic mass is 9.96. The van der Waals surface area contributed by atoms with Gasteiger partial charge in [-0.3, -0.25) is 0 Å². The third-order valence-corrected chi connectivity index (χ3v) is 3.66. The molecule has 2 rings (SSSR count). The number of rotatable bonds is 4. The van der Waals surface area contributed by atoms with Crippen molar-refractivity contribution in [2.75, 3.05) is 13.2 Å². The summed E-state index contributed by atoms with van der Waals surface area (Å²) >= 11 is 0. The van der Waals surface area contributed by atoms with Crippen molar-refractivity contribution in [1.29, 1.82) is 0 Å². The Bertz CT molecular complexity index is 424. The van der Waals surface area contributed by atoms with Gasteiger partial charge in [-0.1, -0.05) is 12.1 Å². The summed E-state index contributed by atoms with van der Waals surface area (Å²) in [5.41, 5.74) is 0.729. The average Bonchev–Trinajstić information content (AvgIpc) is 2.65. The maximum absolute atomic E-state index is 13.3. The third kappa shape index (κ3) is 2.88. The topological polar surface area (TPSA) is 41.5 Å². The highest BCUT2D eigenvalue weighted by Crippen LogP contribution is 2.24. The normalized spacial score (nSPS) is 27.7. The van der Waals surface area contributed by atoms with Crippen molar-refractivity contribution < 1.29 is 14.2 Å². The Morgan fingerprint density at radius 3 is 2.94 bits per heavy atom. The molecule has 0 aromatic heterocycles. The van der Waals surface area contributed by atoms with E-state index in [4.69, 9.17) is 4.74 Å². The highest BCUT2D eigenvalue weighted by Gasteiger charge is 2.38. The summed E-state index contributed by atoms with van der Waals surface area (Å²) in [5, 5.41) is 13.4. The van der Waals surface area contributed by atoms with Crippen LogP contribution in [0.4, 0.5) is 4.39 Å². The molecule has 1 heterocycles. The van der Waals surface area contributed by atoms with Gasteiger partial charge in [-0.05, 0) is 31.0 Å². The highest BCUT2D eigenvalue weighted by molar-refractivity contribution is 5.23. The molecule has 1 fully saturated rings. The minimum atomic E-state index is -0.802. The Hall–Kier alpha value is -0.970. The molecule has 2 unspecified atom stereocenters. The van der Waals surface area contributed by atoms with Crippen molar-refractivity contribution >= 4 is 0 Å². The second-order valence-electron chi connectivity index (χ2n) is 5.05. The Morgan fingerprint density at radius 2 is 2.33 bits per heavy atom. The SMILES string of the molecule is Cc1ccc(CNCC2(O)CCOC2C)cc1F. The number of ether oxygens (including phenoxy) is 1. The fourth-order valence-electron chi connectivity index (χ4n) is 2.17. The molecule has 18 heavy (non-hydrogen) atoms. The first-order valence-corrected chi connectivity index (χ1v) is 6.31. The van der Waals surface area contributed by atoms with E-state index in [1.54, 1.807) is 13.0 Å². The van der Waals surface area contributed by atoms with Gasteiger partial charge >= 0.3 is 0 Å². The first kappa shape index (κ1) is 13.5. The van der Waals surface area contributed by atoms with Crippen molar-refractivity contribution in [3.05, 3.63) is 35.1 Å². The number of hydrogen-bond acceptors (Lipinski definition) is 3. The van der Waals surface area contributed by atoms with E-state index in [9.17, 15) is 9.50 Å². The van der Waals surface area contributed by atoms with Gasteiger partial charge < -0.3 is 15.2 Å². The number of benzene rings is 1. The predicted octanol–water partition coefficient (Wildman–Crippen LogP) is 1.76.